The molecule has 0 spiro atoms. The molecular formula is C28H23Cl4N3O. The van der Waals surface area contributed by atoms with Crippen LogP contribution in [0.1, 0.15) is 37.8 Å². The molecule has 184 valence electrons. The number of ketones is 1. The second kappa shape index (κ2) is 9.83. The lowest BCUT2D eigenvalue weighted by Gasteiger charge is -2.40. The second-order valence-electron chi connectivity index (χ2n) is 9.96. The van der Waals surface area contributed by atoms with Crippen LogP contribution in [0.5, 0.6) is 0 Å². The van der Waals surface area contributed by atoms with E-state index < -0.39 is 5.92 Å². The molecule has 0 aromatic heterocycles. The maximum Gasteiger partial charge on any atom is 0.144 e. The van der Waals surface area contributed by atoms with Gasteiger partial charge in [0.05, 0.1) is 38.7 Å². The highest BCUT2D eigenvalue weighted by atomic mass is 35.5. The van der Waals surface area contributed by atoms with Crippen molar-refractivity contribution < 1.29 is 4.79 Å². The zero-order valence-electron chi connectivity index (χ0n) is 19.7. The van der Waals surface area contributed by atoms with Crippen molar-refractivity contribution in [3.05, 3.63) is 85.8 Å². The summed E-state index contributed by atoms with van der Waals surface area (Å²) in [5, 5.41) is 5.70. The van der Waals surface area contributed by atoms with Crippen LogP contribution in [-0.4, -0.2) is 23.8 Å². The summed E-state index contributed by atoms with van der Waals surface area (Å²) in [5.74, 6) is -0.314. The Morgan fingerprint density at radius 3 is 2.44 bits per heavy atom. The lowest BCUT2D eigenvalue weighted by Crippen LogP contribution is -2.48. The van der Waals surface area contributed by atoms with Crippen LogP contribution < -0.4 is 5.32 Å². The van der Waals surface area contributed by atoms with Crippen molar-refractivity contribution in [3.63, 3.8) is 0 Å². The molecule has 1 aliphatic carbocycles. The number of hydrogen-bond acceptors (Lipinski definition) is 4. The van der Waals surface area contributed by atoms with E-state index in [2.05, 4.69) is 19.2 Å². The molecule has 0 radical (unpaired) electrons. The Kier molecular flexibility index (Phi) is 6.90. The van der Waals surface area contributed by atoms with Crippen molar-refractivity contribution >= 4 is 81.2 Å². The highest BCUT2D eigenvalue weighted by molar-refractivity contribution is 6.38. The lowest BCUT2D eigenvalue weighted by molar-refractivity contribution is -0.125. The first kappa shape index (κ1) is 25.3. The predicted octanol–water partition coefficient (Wildman–Crippen LogP) is 8.97. The molecule has 36 heavy (non-hydrogen) atoms. The number of anilines is 1. The number of carbonyl (C=O) groups excluding carboxylic acids is 1. The van der Waals surface area contributed by atoms with Gasteiger partial charge in [-0.1, -0.05) is 78.5 Å². The Bertz CT molecular complexity index is 1430. The first-order valence-electron chi connectivity index (χ1n) is 11.6. The molecule has 0 bridgehead atoms. The monoisotopic (exact) mass is 557 g/mol. The van der Waals surface area contributed by atoms with Gasteiger partial charge in [0.25, 0.3) is 0 Å². The number of aliphatic imine (C=N–C) groups is 2. The smallest absolute Gasteiger partial charge is 0.144 e. The fourth-order valence-electron chi connectivity index (χ4n) is 5.00. The van der Waals surface area contributed by atoms with E-state index in [0.717, 1.165) is 17.7 Å². The number of nitrogens with zero attached hydrogens (tertiary/aromatic N) is 2. The van der Waals surface area contributed by atoms with Gasteiger partial charge < -0.3 is 5.32 Å². The number of benzene rings is 3. The molecule has 5 rings (SSSR count). The van der Waals surface area contributed by atoms with Gasteiger partial charge in [-0.2, -0.15) is 0 Å². The van der Waals surface area contributed by atoms with Crippen LogP contribution in [-0.2, 0) is 4.79 Å². The molecule has 1 fully saturated rings. The minimum absolute atomic E-state index is 0.138. The van der Waals surface area contributed by atoms with Gasteiger partial charge in [-0.3, -0.25) is 9.79 Å². The third-order valence-electron chi connectivity index (χ3n) is 6.57. The second-order valence-corrected chi connectivity index (χ2v) is 11.6. The summed E-state index contributed by atoms with van der Waals surface area (Å²) in [6.07, 6.45) is 2.96. The highest BCUT2D eigenvalue weighted by Crippen LogP contribution is 2.46. The number of halogens is 4. The van der Waals surface area contributed by atoms with Crippen LogP contribution >= 0.6 is 46.4 Å². The molecule has 0 amide bonds. The molecule has 1 aliphatic heterocycles. The summed E-state index contributed by atoms with van der Waals surface area (Å²) in [7, 11) is 0. The van der Waals surface area contributed by atoms with Gasteiger partial charge >= 0.3 is 0 Å². The van der Waals surface area contributed by atoms with E-state index in [1.165, 1.54) is 0 Å². The number of para-hydroxylation sites is 1. The quantitative estimate of drug-likeness (QED) is 0.326. The van der Waals surface area contributed by atoms with E-state index in [1.807, 2.05) is 30.3 Å². The van der Waals surface area contributed by atoms with E-state index in [9.17, 15) is 4.79 Å². The van der Waals surface area contributed by atoms with Crippen molar-refractivity contribution in [2.75, 3.05) is 5.32 Å². The Balaban J connectivity index is 1.65. The van der Waals surface area contributed by atoms with Crippen molar-refractivity contribution in [3.8, 4) is 0 Å². The van der Waals surface area contributed by atoms with E-state index in [0.29, 0.717) is 49.2 Å². The van der Waals surface area contributed by atoms with Crippen molar-refractivity contribution in [1.82, 2.24) is 0 Å². The van der Waals surface area contributed by atoms with Gasteiger partial charge in [-0.25, -0.2) is 4.99 Å². The third-order valence-corrected chi connectivity index (χ3v) is 7.68. The fourth-order valence-corrected chi connectivity index (χ4v) is 5.96. The summed E-state index contributed by atoms with van der Waals surface area (Å²) < 4.78 is 0. The maximum atomic E-state index is 13.5. The van der Waals surface area contributed by atoms with E-state index in [1.54, 1.807) is 30.5 Å². The number of fused-ring (bicyclic) bond motifs is 2. The molecule has 1 heterocycles. The largest absolute Gasteiger partial charge is 0.378 e. The average molecular weight is 559 g/mol. The third kappa shape index (κ3) is 5.05. The fraction of sp³-hybridized carbons (Fsp3) is 0.250. The van der Waals surface area contributed by atoms with Crippen LogP contribution in [0.15, 0.2) is 64.6 Å². The van der Waals surface area contributed by atoms with E-state index in [-0.39, 0.29) is 17.2 Å². The minimum Gasteiger partial charge on any atom is -0.378 e. The van der Waals surface area contributed by atoms with Gasteiger partial charge in [-0.05, 0) is 48.2 Å². The maximum absolute atomic E-state index is 13.5. The Labute approximate surface area is 230 Å². The molecule has 2 unspecified atom stereocenters. The molecule has 1 N–H and O–H groups in total. The summed E-state index contributed by atoms with van der Waals surface area (Å²) in [6, 6.07) is 16.1. The highest BCUT2D eigenvalue weighted by Gasteiger charge is 2.45. The van der Waals surface area contributed by atoms with Crippen LogP contribution in [0.3, 0.4) is 0 Å². The predicted molar refractivity (Wildman–Crippen MR) is 152 cm³/mol. The Morgan fingerprint density at radius 1 is 1.00 bits per heavy atom. The first-order chi connectivity index (χ1) is 17.1. The topological polar surface area (TPSA) is 53.8 Å². The summed E-state index contributed by atoms with van der Waals surface area (Å²) >= 11 is 25.1. The number of hydrogen-bond donors (Lipinski definition) is 1. The minimum atomic E-state index is -0.452. The molecule has 3 aromatic rings. The van der Waals surface area contributed by atoms with Crippen molar-refractivity contribution in [2.24, 2.45) is 21.3 Å². The van der Waals surface area contributed by atoms with Gasteiger partial charge in [0.1, 0.15) is 5.78 Å². The number of nitrogens with one attached hydrogen (secondary N) is 1. The molecule has 0 saturated heterocycles. The SMILES string of the molecule is CC1(C)CC(=O)C2C(c3ccc(Cl)cc3Cl)=Nc3cccc(N=Cc4ccc(Cl)cc4Cl)c3NC2C1. The molecule has 3 aromatic carbocycles. The lowest BCUT2D eigenvalue weighted by atomic mass is 9.67. The first-order valence-corrected chi connectivity index (χ1v) is 13.1. The van der Waals surface area contributed by atoms with Crippen LogP contribution in [0.25, 0.3) is 0 Å². The van der Waals surface area contributed by atoms with Gasteiger partial charge in [0, 0.05) is 39.8 Å². The van der Waals surface area contributed by atoms with Crippen LogP contribution in [0.2, 0.25) is 20.1 Å². The molecular weight excluding hydrogens is 536 g/mol. The molecule has 2 aliphatic rings. The van der Waals surface area contributed by atoms with Gasteiger partial charge in [0.15, 0.2) is 0 Å². The van der Waals surface area contributed by atoms with E-state index >= 15 is 0 Å². The summed E-state index contributed by atoms with van der Waals surface area (Å²) in [4.78, 5) is 23.3. The normalized spacial score (nSPS) is 20.8. The molecule has 4 nitrogen and oxygen atoms in total. The van der Waals surface area contributed by atoms with Gasteiger partial charge in [-0.15, -0.1) is 0 Å². The van der Waals surface area contributed by atoms with Crippen molar-refractivity contribution in [1.29, 1.82) is 0 Å². The molecule has 8 heteroatoms. The number of carbonyl (C=O) groups is 1. The number of rotatable bonds is 3. The Morgan fingerprint density at radius 2 is 1.72 bits per heavy atom. The van der Waals surface area contributed by atoms with Gasteiger partial charge in [0.2, 0.25) is 0 Å². The van der Waals surface area contributed by atoms with E-state index in [4.69, 9.17) is 56.4 Å². The average Bonchev–Trinajstić information content (AvgIpc) is 2.94. The Hall–Kier alpha value is -2.37. The standard InChI is InChI=1S/C28H23Cl4N3O/c1-28(2)12-23-25(24(36)13-28)26(18-9-8-17(30)11-20(18)32)34-22-5-3-4-21(27(22)35-23)33-14-15-6-7-16(29)10-19(15)31/h3-11,14,23,25,35H,12-13H2,1-2H3. The van der Waals surface area contributed by atoms with Crippen LogP contribution in [0.4, 0.5) is 17.1 Å². The number of Topliss-reactive ketones (excluding diaryl/α,β-unsaturated/α-hetero) is 1. The van der Waals surface area contributed by atoms with Crippen molar-refractivity contribution in [2.45, 2.75) is 32.7 Å². The zero-order chi connectivity index (χ0) is 25.6. The molecule has 2 atom stereocenters. The summed E-state index contributed by atoms with van der Waals surface area (Å²) in [5.41, 5.74) is 4.10. The zero-order valence-corrected chi connectivity index (χ0v) is 22.7. The summed E-state index contributed by atoms with van der Waals surface area (Å²) in [6.45, 7) is 4.24. The molecule has 1 saturated carbocycles. The van der Waals surface area contributed by atoms with Crippen LogP contribution in [0, 0.1) is 11.3 Å².